The highest BCUT2D eigenvalue weighted by Gasteiger charge is 2.72. The molecule has 0 spiro atoms. The van der Waals surface area contributed by atoms with E-state index in [1.165, 1.54) is 0 Å². The summed E-state index contributed by atoms with van der Waals surface area (Å²) in [5, 5.41) is 17.8. The number of carboxylic acids is 1. The number of carboxylic acid groups (broad SMARTS) is 1. The van der Waals surface area contributed by atoms with Crippen LogP contribution in [0.25, 0.3) is 0 Å². The number of nitrogens with two attached hydrogens (primary N) is 1. The minimum atomic E-state index is -4.02. The van der Waals surface area contributed by atoms with Crippen LogP contribution in [0.2, 0.25) is 5.02 Å². The molecule has 1 aromatic rings. The Morgan fingerprint density at radius 1 is 1.37 bits per heavy atom. The highest BCUT2D eigenvalue weighted by Crippen LogP contribution is 2.66. The molecule has 2 fully saturated rings. The third-order valence-electron chi connectivity index (χ3n) is 5.84. The first kappa shape index (κ1) is 19.6. The number of primary amides is 1. The Morgan fingerprint density at radius 2 is 2.04 bits per heavy atom. The average molecular weight is 415 g/mol. The van der Waals surface area contributed by atoms with Crippen LogP contribution in [0.5, 0.6) is 0 Å². The van der Waals surface area contributed by atoms with Crippen molar-refractivity contribution < 1.29 is 27.5 Å². The predicted molar refractivity (Wildman–Crippen MR) is 91.7 cm³/mol. The first-order chi connectivity index (χ1) is 12.5. The fourth-order valence-corrected chi connectivity index (χ4v) is 6.60. The van der Waals surface area contributed by atoms with Crippen molar-refractivity contribution in [3.63, 3.8) is 0 Å². The summed E-state index contributed by atoms with van der Waals surface area (Å²) >= 11 is 5.87. The van der Waals surface area contributed by atoms with Gasteiger partial charge in [-0.1, -0.05) is 11.6 Å². The maximum atomic E-state index is 13.2. The second kappa shape index (κ2) is 6.17. The van der Waals surface area contributed by atoms with E-state index in [0.29, 0.717) is 0 Å². The number of aliphatic carboxylic acids is 1. The quantitative estimate of drug-likeness (QED) is 0.705. The second-order valence-electron chi connectivity index (χ2n) is 7.15. The SMILES string of the molecule is N#CC1(C(N)=O)CC1[C@@]1(C(=O)O)CC[C@H](S(=O)(=O)c2ccc(F)cc2Cl)C1. The van der Waals surface area contributed by atoms with Crippen molar-refractivity contribution in [1.82, 2.24) is 0 Å². The maximum Gasteiger partial charge on any atom is 0.310 e. The summed E-state index contributed by atoms with van der Waals surface area (Å²) in [6, 6.07) is 4.70. The van der Waals surface area contributed by atoms with Crippen molar-refractivity contribution in [3.05, 3.63) is 29.0 Å². The molecular weight excluding hydrogens is 399 g/mol. The normalized spacial score (nSPS) is 32.6. The number of benzene rings is 1. The van der Waals surface area contributed by atoms with Crippen molar-refractivity contribution in [2.24, 2.45) is 22.5 Å². The molecule has 2 unspecified atom stereocenters. The van der Waals surface area contributed by atoms with Gasteiger partial charge in [0.2, 0.25) is 5.91 Å². The lowest BCUT2D eigenvalue weighted by atomic mass is 9.77. The van der Waals surface area contributed by atoms with Gasteiger partial charge in [0.1, 0.15) is 11.2 Å². The third kappa shape index (κ3) is 2.78. The molecular formula is C17H16ClFN2O5S. The molecule has 0 bridgehead atoms. The largest absolute Gasteiger partial charge is 0.481 e. The first-order valence-electron chi connectivity index (χ1n) is 8.15. The van der Waals surface area contributed by atoms with Gasteiger partial charge in [0.05, 0.1) is 26.7 Å². The van der Waals surface area contributed by atoms with Crippen molar-refractivity contribution in [2.45, 2.75) is 35.8 Å². The van der Waals surface area contributed by atoms with Crippen LogP contribution in [-0.2, 0) is 19.4 Å². The summed E-state index contributed by atoms with van der Waals surface area (Å²) in [5.41, 5.74) is 2.17. The Kier molecular flexibility index (Phi) is 4.48. The molecule has 2 aliphatic carbocycles. The van der Waals surface area contributed by atoms with Gasteiger partial charge in [-0.2, -0.15) is 5.26 Å². The molecule has 1 aromatic carbocycles. The molecule has 2 aliphatic rings. The molecule has 0 saturated heterocycles. The summed E-state index contributed by atoms with van der Waals surface area (Å²) in [4.78, 5) is 23.4. The number of rotatable bonds is 5. The topological polar surface area (TPSA) is 138 Å². The number of nitrogens with zero attached hydrogens (tertiary/aromatic N) is 1. The molecule has 2 saturated carbocycles. The molecule has 27 heavy (non-hydrogen) atoms. The molecule has 7 nitrogen and oxygen atoms in total. The van der Waals surface area contributed by atoms with Crippen LogP contribution in [0.3, 0.4) is 0 Å². The van der Waals surface area contributed by atoms with Crippen LogP contribution < -0.4 is 5.73 Å². The minimum absolute atomic E-state index is 0.00476. The summed E-state index contributed by atoms with van der Waals surface area (Å²) < 4.78 is 39.1. The van der Waals surface area contributed by atoms with Gasteiger partial charge in [-0.05, 0) is 43.9 Å². The van der Waals surface area contributed by atoms with Crippen molar-refractivity contribution >= 4 is 33.3 Å². The van der Waals surface area contributed by atoms with E-state index in [-0.39, 0.29) is 35.6 Å². The zero-order valence-electron chi connectivity index (χ0n) is 14.0. The van der Waals surface area contributed by atoms with E-state index in [0.717, 1.165) is 18.2 Å². The zero-order valence-corrected chi connectivity index (χ0v) is 15.6. The predicted octanol–water partition coefficient (Wildman–Crippen LogP) is 1.89. The van der Waals surface area contributed by atoms with Crippen LogP contribution >= 0.6 is 11.6 Å². The van der Waals surface area contributed by atoms with E-state index >= 15 is 0 Å². The number of carbonyl (C=O) groups excluding carboxylic acids is 1. The van der Waals surface area contributed by atoms with Gasteiger partial charge in [0.25, 0.3) is 0 Å². The first-order valence-corrected chi connectivity index (χ1v) is 10.1. The van der Waals surface area contributed by atoms with E-state index < -0.39 is 49.5 Å². The van der Waals surface area contributed by atoms with Gasteiger partial charge >= 0.3 is 5.97 Å². The molecule has 3 rings (SSSR count). The van der Waals surface area contributed by atoms with Crippen molar-refractivity contribution in [2.75, 3.05) is 0 Å². The molecule has 3 N–H and O–H groups in total. The van der Waals surface area contributed by atoms with Crippen molar-refractivity contribution in [3.8, 4) is 6.07 Å². The number of amides is 1. The average Bonchev–Trinajstić information content (AvgIpc) is 3.16. The van der Waals surface area contributed by atoms with E-state index in [1.54, 1.807) is 0 Å². The van der Waals surface area contributed by atoms with Crippen LogP contribution in [0.4, 0.5) is 4.39 Å². The highest BCUT2D eigenvalue weighted by molar-refractivity contribution is 7.92. The fraction of sp³-hybridized carbons (Fsp3) is 0.471. The Morgan fingerprint density at radius 3 is 2.52 bits per heavy atom. The highest BCUT2D eigenvalue weighted by atomic mass is 35.5. The van der Waals surface area contributed by atoms with Gasteiger partial charge < -0.3 is 10.8 Å². The minimum Gasteiger partial charge on any atom is -0.481 e. The number of sulfone groups is 1. The van der Waals surface area contributed by atoms with Crippen LogP contribution in [-0.4, -0.2) is 30.7 Å². The lowest BCUT2D eigenvalue weighted by Crippen LogP contribution is -2.37. The Labute approximate surface area is 159 Å². The Balaban J connectivity index is 1.95. The summed E-state index contributed by atoms with van der Waals surface area (Å²) in [6.45, 7) is 0. The number of nitriles is 1. The standard InChI is InChI=1S/C17H16ClFN2O5S/c18-11-5-9(19)1-2-12(11)27(25,26)10-3-4-16(6-10,15(23)24)13-7-17(13,8-20)14(21)22/h1-2,5,10,13H,3-4,6-7H2,(H2,21,22)(H,23,24)/t10-,13?,16+,17?/m0/s1. The van der Waals surface area contributed by atoms with Crippen LogP contribution in [0.15, 0.2) is 23.1 Å². The van der Waals surface area contributed by atoms with Crippen LogP contribution in [0.1, 0.15) is 25.7 Å². The molecule has 10 heteroatoms. The smallest absolute Gasteiger partial charge is 0.310 e. The molecule has 0 radical (unpaired) electrons. The van der Waals surface area contributed by atoms with E-state index in [1.807, 2.05) is 6.07 Å². The Hall–Kier alpha value is -2.18. The van der Waals surface area contributed by atoms with Gasteiger partial charge in [0, 0.05) is 5.92 Å². The number of carbonyl (C=O) groups is 2. The fourth-order valence-electron chi connectivity index (χ4n) is 4.22. The molecule has 144 valence electrons. The van der Waals surface area contributed by atoms with Gasteiger partial charge in [-0.15, -0.1) is 0 Å². The summed E-state index contributed by atoms with van der Waals surface area (Å²) in [6.07, 6.45) is -0.250. The molecule has 0 aliphatic heterocycles. The van der Waals surface area contributed by atoms with E-state index in [2.05, 4.69) is 0 Å². The summed E-state index contributed by atoms with van der Waals surface area (Å²) in [7, 11) is -4.02. The van der Waals surface area contributed by atoms with Gasteiger partial charge in [-0.25, -0.2) is 12.8 Å². The number of halogens is 2. The summed E-state index contributed by atoms with van der Waals surface area (Å²) in [5.74, 6) is -3.69. The zero-order chi connectivity index (χ0) is 20.2. The monoisotopic (exact) mass is 414 g/mol. The number of hydrogen-bond donors (Lipinski definition) is 2. The Bertz CT molecular complexity index is 992. The molecule has 4 atom stereocenters. The van der Waals surface area contributed by atoms with Crippen LogP contribution in [0, 0.1) is 33.9 Å². The van der Waals surface area contributed by atoms with Crippen molar-refractivity contribution in [1.29, 1.82) is 5.26 Å². The number of hydrogen-bond acceptors (Lipinski definition) is 5. The second-order valence-corrected chi connectivity index (χ2v) is 9.75. The lowest BCUT2D eigenvalue weighted by Gasteiger charge is -2.25. The third-order valence-corrected chi connectivity index (χ3v) is 8.51. The van der Waals surface area contributed by atoms with Gasteiger partial charge in [0.15, 0.2) is 9.84 Å². The lowest BCUT2D eigenvalue weighted by molar-refractivity contribution is -0.150. The van der Waals surface area contributed by atoms with E-state index in [4.69, 9.17) is 17.3 Å². The molecule has 0 heterocycles. The van der Waals surface area contributed by atoms with Gasteiger partial charge in [-0.3, -0.25) is 9.59 Å². The maximum absolute atomic E-state index is 13.2. The van der Waals surface area contributed by atoms with E-state index in [9.17, 15) is 32.8 Å². The molecule has 1 amide bonds. The molecule has 0 aromatic heterocycles.